The number of hydrogen-bond donors (Lipinski definition) is 5. The van der Waals surface area contributed by atoms with Gasteiger partial charge < -0.3 is 31.0 Å². The molecule has 1 fully saturated rings. The zero-order valence-corrected chi connectivity index (χ0v) is 17.0. The topological polar surface area (TPSA) is 178 Å². The minimum Gasteiger partial charge on any atom is -0.380 e. The minimum absolute atomic E-state index is 0.0447. The van der Waals surface area contributed by atoms with E-state index in [1.165, 1.54) is 12.4 Å². The summed E-state index contributed by atoms with van der Waals surface area (Å²) in [6.45, 7) is 2.85. The lowest BCUT2D eigenvalue weighted by Gasteiger charge is -2.24. The van der Waals surface area contributed by atoms with Gasteiger partial charge in [-0.05, 0) is 0 Å². The van der Waals surface area contributed by atoms with Gasteiger partial charge in [-0.25, -0.2) is 15.0 Å². The van der Waals surface area contributed by atoms with Crippen molar-refractivity contribution in [3.8, 4) is 6.07 Å². The summed E-state index contributed by atoms with van der Waals surface area (Å²) in [4.78, 5) is 27.8. The Morgan fingerprint density at radius 1 is 1.25 bits per heavy atom. The zero-order valence-electron chi connectivity index (χ0n) is 17.0. The molecule has 0 bridgehead atoms. The largest absolute Gasteiger partial charge is 0.380 e. The van der Waals surface area contributed by atoms with Crippen LogP contribution in [0.2, 0.25) is 0 Å². The molecule has 164 valence electrons. The van der Waals surface area contributed by atoms with Gasteiger partial charge in [0.25, 0.3) is 5.91 Å². The van der Waals surface area contributed by atoms with E-state index in [4.69, 9.17) is 10.00 Å². The number of nitrogens with zero attached hydrogens (tertiary/aromatic N) is 6. The molecule has 1 saturated heterocycles. The number of aromatic amines is 1. The number of H-pyrrole nitrogens is 1. The van der Waals surface area contributed by atoms with E-state index in [2.05, 4.69) is 51.4 Å². The Morgan fingerprint density at radius 3 is 2.91 bits per heavy atom. The van der Waals surface area contributed by atoms with Crippen LogP contribution in [0.5, 0.6) is 0 Å². The number of amides is 1. The number of ether oxygens (including phenoxy) is 1. The molecule has 3 aromatic rings. The van der Waals surface area contributed by atoms with E-state index in [1.54, 1.807) is 18.5 Å². The quantitative estimate of drug-likeness (QED) is 0.320. The maximum absolute atomic E-state index is 12.7. The Hall–Kier alpha value is -4.15. The highest BCUT2D eigenvalue weighted by atomic mass is 16.5. The Balaban J connectivity index is 1.50. The molecule has 1 atom stereocenters. The first kappa shape index (κ1) is 21.1. The van der Waals surface area contributed by atoms with Crippen molar-refractivity contribution >= 4 is 23.2 Å². The normalized spacial score (nSPS) is 15.5. The summed E-state index contributed by atoms with van der Waals surface area (Å²) in [5.74, 6) is 0.972. The van der Waals surface area contributed by atoms with Gasteiger partial charge in [-0.3, -0.25) is 4.79 Å². The molecule has 0 saturated carbocycles. The number of rotatable bonds is 8. The molecule has 13 heteroatoms. The van der Waals surface area contributed by atoms with Crippen LogP contribution >= 0.6 is 0 Å². The number of nitrogens with one attached hydrogen (secondary N) is 5. The van der Waals surface area contributed by atoms with Crippen LogP contribution in [-0.2, 0) is 11.3 Å². The van der Waals surface area contributed by atoms with Crippen molar-refractivity contribution < 1.29 is 9.53 Å². The highest BCUT2D eigenvalue weighted by molar-refractivity contribution is 5.97. The van der Waals surface area contributed by atoms with Gasteiger partial charge in [0.1, 0.15) is 17.7 Å². The van der Waals surface area contributed by atoms with Crippen LogP contribution in [0, 0.1) is 11.3 Å². The van der Waals surface area contributed by atoms with Crippen LogP contribution in [0.3, 0.4) is 0 Å². The maximum atomic E-state index is 12.7. The second-order valence-corrected chi connectivity index (χ2v) is 6.81. The van der Waals surface area contributed by atoms with Gasteiger partial charge in [0, 0.05) is 38.1 Å². The summed E-state index contributed by atoms with van der Waals surface area (Å²) in [5.41, 5.74) is 0.820. The number of nitriles is 1. The van der Waals surface area contributed by atoms with Crippen molar-refractivity contribution in [3.05, 3.63) is 48.1 Å². The zero-order chi connectivity index (χ0) is 22.2. The molecule has 0 spiro atoms. The molecular weight excluding hydrogens is 414 g/mol. The minimum atomic E-state index is -0.399. The monoisotopic (exact) mass is 435 g/mol. The molecule has 3 aromatic heterocycles. The van der Waals surface area contributed by atoms with Crippen LogP contribution in [0.15, 0.2) is 30.9 Å². The van der Waals surface area contributed by atoms with Crippen molar-refractivity contribution in [3.63, 3.8) is 0 Å². The summed E-state index contributed by atoms with van der Waals surface area (Å²) in [7, 11) is 0. The van der Waals surface area contributed by atoms with Crippen molar-refractivity contribution in [1.29, 1.82) is 5.26 Å². The number of aromatic nitrogens is 6. The van der Waals surface area contributed by atoms with Gasteiger partial charge in [0.15, 0.2) is 17.2 Å². The molecule has 0 aliphatic carbocycles. The molecule has 0 aromatic carbocycles. The lowest BCUT2D eigenvalue weighted by molar-refractivity contribution is 0.0372. The number of carbonyl (C=O) groups is 1. The standard InChI is InChI=1S/C19H21N11O2/c20-6-12-7-26-17(11-24-12)28-15-5-14(25-9-13-8-21-3-4-32-13)18(30-29-15)19(31)27-10-16-22-1-2-23-16/h1-2,5,7,11,13,21H,3-4,8-10H2,(H,22,23)(H,27,31)(H2,25,26,28,29). The maximum Gasteiger partial charge on any atom is 0.274 e. The second kappa shape index (κ2) is 10.2. The average Bonchev–Trinajstić information content (AvgIpc) is 3.36. The summed E-state index contributed by atoms with van der Waals surface area (Å²) in [5, 5.41) is 29.3. The fraction of sp³-hybridized carbons (Fsp3) is 0.316. The number of morpholine rings is 1. The van der Waals surface area contributed by atoms with Gasteiger partial charge in [0.05, 0.1) is 37.3 Å². The summed E-state index contributed by atoms with van der Waals surface area (Å²) < 4.78 is 5.71. The fourth-order valence-electron chi connectivity index (χ4n) is 2.95. The first-order valence-electron chi connectivity index (χ1n) is 9.91. The summed E-state index contributed by atoms with van der Waals surface area (Å²) in [6.07, 6.45) is 6.01. The molecule has 1 aliphatic rings. The predicted octanol–water partition coefficient (Wildman–Crippen LogP) is -0.0647. The van der Waals surface area contributed by atoms with E-state index in [1.807, 2.05) is 6.07 Å². The van der Waals surface area contributed by atoms with E-state index in [-0.39, 0.29) is 24.0 Å². The first-order chi connectivity index (χ1) is 15.7. The van der Waals surface area contributed by atoms with E-state index in [0.717, 1.165) is 6.54 Å². The van der Waals surface area contributed by atoms with Crippen LogP contribution in [-0.4, -0.2) is 68.4 Å². The molecular formula is C19H21N11O2. The molecule has 4 heterocycles. The Labute approximate surface area is 183 Å². The summed E-state index contributed by atoms with van der Waals surface area (Å²) in [6, 6.07) is 3.57. The van der Waals surface area contributed by atoms with E-state index >= 15 is 0 Å². The highest BCUT2D eigenvalue weighted by Gasteiger charge is 2.19. The number of carbonyl (C=O) groups excluding carboxylic acids is 1. The van der Waals surface area contributed by atoms with Gasteiger partial charge in [0.2, 0.25) is 0 Å². The Bertz CT molecular complexity index is 1070. The lowest BCUT2D eigenvalue weighted by Crippen LogP contribution is -2.42. The van der Waals surface area contributed by atoms with Crippen molar-refractivity contribution in [2.75, 3.05) is 36.9 Å². The third-order valence-electron chi connectivity index (χ3n) is 4.53. The predicted molar refractivity (Wildman–Crippen MR) is 113 cm³/mol. The van der Waals surface area contributed by atoms with E-state index in [0.29, 0.717) is 42.8 Å². The molecule has 1 amide bonds. The first-order valence-corrected chi connectivity index (χ1v) is 9.91. The van der Waals surface area contributed by atoms with Gasteiger partial charge in [-0.1, -0.05) is 0 Å². The Kier molecular flexibility index (Phi) is 6.75. The molecule has 4 rings (SSSR count). The number of imidazole rings is 1. The van der Waals surface area contributed by atoms with Gasteiger partial charge in [-0.15, -0.1) is 10.2 Å². The van der Waals surface area contributed by atoms with E-state index in [9.17, 15) is 4.79 Å². The van der Waals surface area contributed by atoms with Crippen molar-refractivity contribution in [2.45, 2.75) is 12.6 Å². The number of hydrogen-bond acceptors (Lipinski definition) is 11. The van der Waals surface area contributed by atoms with Gasteiger partial charge in [-0.2, -0.15) is 5.26 Å². The average molecular weight is 435 g/mol. The molecule has 5 N–H and O–H groups in total. The van der Waals surface area contributed by atoms with Crippen molar-refractivity contribution in [2.24, 2.45) is 0 Å². The SMILES string of the molecule is N#Cc1cnc(Nc2cc(NCC3CNCCO3)c(C(=O)NCc3ncc[nH]3)nn2)cn1. The molecule has 32 heavy (non-hydrogen) atoms. The molecule has 1 aliphatic heterocycles. The summed E-state index contributed by atoms with van der Waals surface area (Å²) >= 11 is 0. The van der Waals surface area contributed by atoms with Crippen LogP contribution in [0.4, 0.5) is 17.3 Å². The molecule has 1 unspecified atom stereocenters. The third-order valence-corrected chi connectivity index (χ3v) is 4.53. The van der Waals surface area contributed by atoms with Crippen LogP contribution in [0.1, 0.15) is 22.0 Å². The third kappa shape index (κ3) is 5.50. The molecule has 0 radical (unpaired) electrons. The highest BCUT2D eigenvalue weighted by Crippen LogP contribution is 2.19. The molecule has 13 nitrogen and oxygen atoms in total. The fourth-order valence-corrected chi connectivity index (χ4v) is 2.95. The van der Waals surface area contributed by atoms with Gasteiger partial charge >= 0.3 is 0 Å². The van der Waals surface area contributed by atoms with Crippen LogP contribution < -0.4 is 21.3 Å². The lowest BCUT2D eigenvalue weighted by atomic mass is 10.2. The smallest absolute Gasteiger partial charge is 0.274 e. The second-order valence-electron chi connectivity index (χ2n) is 6.81. The Morgan fingerprint density at radius 2 is 2.19 bits per heavy atom. The number of anilines is 3. The van der Waals surface area contributed by atoms with Crippen molar-refractivity contribution in [1.82, 2.24) is 40.8 Å². The van der Waals surface area contributed by atoms with Crippen LogP contribution in [0.25, 0.3) is 0 Å². The van der Waals surface area contributed by atoms with E-state index < -0.39 is 5.91 Å².